The molecular formula is C9H15F3N2O. The molecule has 1 amide bonds. The first-order valence-corrected chi connectivity index (χ1v) is 4.97. The van der Waals surface area contributed by atoms with Crippen molar-refractivity contribution in [1.82, 2.24) is 4.90 Å². The van der Waals surface area contributed by atoms with Crippen LogP contribution in [0.2, 0.25) is 0 Å². The highest BCUT2D eigenvalue weighted by Gasteiger charge is 2.44. The van der Waals surface area contributed by atoms with Gasteiger partial charge in [-0.1, -0.05) is 0 Å². The van der Waals surface area contributed by atoms with E-state index in [1.807, 2.05) is 0 Å². The monoisotopic (exact) mass is 224 g/mol. The molecule has 1 saturated carbocycles. The average Bonchev–Trinajstić information content (AvgIpc) is 2.94. The smallest absolute Gasteiger partial charge is 0.341 e. The standard InChI is InChI=1S/C9H15F3N2O/c1-2-14(5-6-3-4-6)8(15)7(13)9(10,11)12/h6-7H,2-5,13H2,1H3. The summed E-state index contributed by atoms with van der Waals surface area (Å²) in [5.74, 6) is -0.647. The van der Waals surface area contributed by atoms with Crippen molar-refractivity contribution in [3.63, 3.8) is 0 Å². The third-order valence-electron chi connectivity index (χ3n) is 2.49. The number of nitrogens with zero attached hydrogens (tertiary/aromatic N) is 1. The largest absolute Gasteiger partial charge is 0.412 e. The zero-order chi connectivity index (χ0) is 11.6. The molecule has 6 heteroatoms. The molecule has 1 rings (SSSR count). The summed E-state index contributed by atoms with van der Waals surface area (Å²) in [6.45, 7) is 2.33. The van der Waals surface area contributed by atoms with Crippen LogP contribution >= 0.6 is 0 Å². The fourth-order valence-electron chi connectivity index (χ4n) is 1.32. The first-order valence-electron chi connectivity index (χ1n) is 4.97. The first kappa shape index (κ1) is 12.3. The molecule has 0 aromatic carbocycles. The van der Waals surface area contributed by atoms with Crippen molar-refractivity contribution in [2.75, 3.05) is 13.1 Å². The second kappa shape index (κ2) is 4.38. The predicted octanol–water partition coefficient (Wildman–Crippen LogP) is 1.13. The summed E-state index contributed by atoms with van der Waals surface area (Å²) in [4.78, 5) is 12.6. The maximum absolute atomic E-state index is 12.2. The second-order valence-corrected chi connectivity index (χ2v) is 3.84. The summed E-state index contributed by atoms with van der Waals surface area (Å²) in [6, 6.07) is -2.38. The van der Waals surface area contributed by atoms with Gasteiger partial charge >= 0.3 is 6.18 Å². The highest BCUT2D eigenvalue weighted by molar-refractivity contribution is 5.82. The van der Waals surface area contributed by atoms with Gasteiger partial charge in [-0.15, -0.1) is 0 Å². The van der Waals surface area contributed by atoms with E-state index in [2.05, 4.69) is 0 Å². The molecule has 0 spiro atoms. The summed E-state index contributed by atoms with van der Waals surface area (Å²) in [5, 5.41) is 0. The fraction of sp³-hybridized carbons (Fsp3) is 0.889. The van der Waals surface area contributed by atoms with Gasteiger partial charge in [-0.05, 0) is 25.7 Å². The minimum atomic E-state index is -4.64. The number of amides is 1. The molecule has 88 valence electrons. The van der Waals surface area contributed by atoms with E-state index in [0.29, 0.717) is 12.5 Å². The van der Waals surface area contributed by atoms with Crippen LogP contribution in [-0.4, -0.2) is 36.1 Å². The lowest BCUT2D eigenvalue weighted by molar-refractivity contribution is -0.170. The van der Waals surface area contributed by atoms with Crippen LogP contribution in [0, 0.1) is 5.92 Å². The number of hydrogen-bond donors (Lipinski definition) is 1. The Hall–Kier alpha value is -0.780. The lowest BCUT2D eigenvalue weighted by Crippen LogP contribution is -2.52. The zero-order valence-corrected chi connectivity index (χ0v) is 8.55. The van der Waals surface area contributed by atoms with Crippen LogP contribution in [0.1, 0.15) is 19.8 Å². The number of hydrogen-bond acceptors (Lipinski definition) is 2. The Morgan fingerprint density at radius 1 is 1.53 bits per heavy atom. The highest BCUT2D eigenvalue weighted by Crippen LogP contribution is 2.30. The molecule has 0 aliphatic heterocycles. The van der Waals surface area contributed by atoms with Crippen LogP contribution in [0.15, 0.2) is 0 Å². The van der Waals surface area contributed by atoms with Crippen molar-refractivity contribution < 1.29 is 18.0 Å². The predicted molar refractivity (Wildman–Crippen MR) is 49.0 cm³/mol. The average molecular weight is 224 g/mol. The summed E-state index contributed by atoms with van der Waals surface area (Å²) in [7, 11) is 0. The molecule has 1 fully saturated rings. The number of rotatable bonds is 4. The first-order chi connectivity index (χ1) is 6.86. The molecule has 1 unspecified atom stereocenters. The molecule has 1 atom stereocenters. The van der Waals surface area contributed by atoms with Gasteiger partial charge in [0.1, 0.15) is 0 Å². The van der Waals surface area contributed by atoms with E-state index in [4.69, 9.17) is 5.73 Å². The topological polar surface area (TPSA) is 46.3 Å². The minimum Gasteiger partial charge on any atom is -0.341 e. The maximum Gasteiger partial charge on any atom is 0.412 e. The number of carbonyl (C=O) groups is 1. The Kier molecular flexibility index (Phi) is 3.59. The Morgan fingerprint density at radius 3 is 2.40 bits per heavy atom. The summed E-state index contributed by atoms with van der Waals surface area (Å²) in [5.41, 5.74) is 4.85. The fourth-order valence-corrected chi connectivity index (χ4v) is 1.32. The molecule has 0 saturated heterocycles. The molecule has 0 bridgehead atoms. The van der Waals surface area contributed by atoms with E-state index in [0.717, 1.165) is 12.8 Å². The van der Waals surface area contributed by atoms with Gasteiger partial charge in [-0.2, -0.15) is 13.2 Å². The summed E-state index contributed by atoms with van der Waals surface area (Å²) < 4.78 is 36.5. The van der Waals surface area contributed by atoms with Crippen LogP contribution in [0.25, 0.3) is 0 Å². The number of halogens is 3. The van der Waals surface area contributed by atoms with Gasteiger partial charge in [0, 0.05) is 13.1 Å². The van der Waals surface area contributed by atoms with E-state index < -0.39 is 18.1 Å². The molecule has 1 aliphatic carbocycles. The van der Waals surface area contributed by atoms with E-state index in [1.54, 1.807) is 6.92 Å². The molecule has 15 heavy (non-hydrogen) atoms. The van der Waals surface area contributed by atoms with Gasteiger partial charge in [-0.3, -0.25) is 4.79 Å². The van der Waals surface area contributed by atoms with E-state index in [-0.39, 0.29) is 6.54 Å². The lowest BCUT2D eigenvalue weighted by atomic mass is 10.2. The third-order valence-corrected chi connectivity index (χ3v) is 2.49. The van der Waals surface area contributed by atoms with Crippen molar-refractivity contribution in [3.8, 4) is 0 Å². The van der Waals surface area contributed by atoms with Crippen LogP contribution in [0.4, 0.5) is 13.2 Å². The minimum absolute atomic E-state index is 0.277. The van der Waals surface area contributed by atoms with E-state index >= 15 is 0 Å². The molecule has 1 aliphatic rings. The van der Waals surface area contributed by atoms with Crippen LogP contribution in [0.5, 0.6) is 0 Å². The second-order valence-electron chi connectivity index (χ2n) is 3.84. The quantitative estimate of drug-likeness (QED) is 0.778. The van der Waals surface area contributed by atoms with Gasteiger partial charge in [0.25, 0.3) is 0 Å². The summed E-state index contributed by atoms with van der Waals surface area (Å²) in [6.07, 6.45) is -2.66. The number of alkyl halides is 3. The van der Waals surface area contributed by atoms with Gasteiger partial charge in [0.05, 0.1) is 0 Å². The van der Waals surface area contributed by atoms with Crippen LogP contribution < -0.4 is 5.73 Å². The van der Waals surface area contributed by atoms with Gasteiger partial charge < -0.3 is 10.6 Å². The maximum atomic E-state index is 12.2. The van der Waals surface area contributed by atoms with Crippen molar-refractivity contribution in [2.24, 2.45) is 11.7 Å². The molecule has 0 aromatic rings. The van der Waals surface area contributed by atoms with E-state index in [9.17, 15) is 18.0 Å². The SMILES string of the molecule is CCN(CC1CC1)C(=O)C(N)C(F)(F)F. The van der Waals surface area contributed by atoms with Crippen molar-refractivity contribution >= 4 is 5.91 Å². The molecule has 2 N–H and O–H groups in total. The number of carbonyl (C=O) groups excluding carboxylic acids is 1. The number of likely N-dealkylation sites (N-methyl/N-ethyl adjacent to an activating group) is 1. The summed E-state index contributed by atoms with van der Waals surface area (Å²) >= 11 is 0. The van der Waals surface area contributed by atoms with Crippen molar-refractivity contribution in [2.45, 2.75) is 32.0 Å². The van der Waals surface area contributed by atoms with Crippen molar-refractivity contribution in [1.29, 1.82) is 0 Å². The molecule has 0 heterocycles. The normalized spacial score (nSPS) is 18.7. The van der Waals surface area contributed by atoms with Crippen molar-refractivity contribution in [3.05, 3.63) is 0 Å². The van der Waals surface area contributed by atoms with Gasteiger partial charge in [-0.25, -0.2) is 0 Å². The molecular weight excluding hydrogens is 209 g/mol. The lowest BCUT2D eigenvalue weighted by Gasteiger charge is -2.25. The van der Waals surface area contributed by atoms with Crippen LogP contribution in [0.3, 0.4) is 0 Å². The molecule has 0 aromatic heterocycles. The van der Waals surface area contributed by atoms with Gasteiger partial charge in [0.2, 0.25) is 5.91 Å². The third kappa shape index (κ3) is 3.37. The Labute approximate surface area is 86.4 Å². The number of nitrogens with two attached hydrogens (primary N) is 1. The highest BCUT2D eigenvalue weighted by atomic mass is 19.4. The Balaban J connectivity index is 2.54. The van der Waals surface area contributed by atoms with Crippen LogP contribution in [-0.2, 0) is 4.79 Å². The Morgan fingerprint density at radius 2 is 2.07 bits per heavy atom. The molecule has 0 radical (unpaired) electrons. The Bertz CT molecular complexity index is 238. The molecule has 3 nitrogen and oxygen atoms in total. The van der Waals surface area contributed by atoms with E-state index in [1.165, 1.54) is 4.90 Å². The van der Waals surface area contributed by atoms with Gasteiger partial charge in [0.15, 0.2) is 6.04 Å². The zero-order valence-electron chi connectivity index (χ0n) is 8.55.